The molecule has 1 aromatic carbocycles. The van der Waals surface area contributed by atoms with Crippen LogP contribution in [0.25, 0.3) is 0 Å². The minimum absolute atomic E-state index is 0.184. The minimum atomic E-state index is -1.04. The molecule has 0 radical (unpaired) electrons. The second-order valence-corrected chi connectivity index (χ2v) is 5.77. The lowest BCUT2D eigenvalue weighted by Gasteiger charge is -2.15. The van der Waals surface area contributed by atoms with Crippen LogP contribution in [0.4, 0.5) is 5.69 Å². The summed E-state index contributed by atoms with van der Waals surface area (Å²) in [6.07, 6.45) is 1.86. The van der Waals surface area contributed by atoms with Gasteiger partial charge in [-0.05, 0) is 31.2 Å². The molecule has 120 valence electrons. The van der Waals surface area contributed by atoms with Crippen molar-refractivity contribution in [3.63, 3.8) is 0 Å². The number of carbonyl (C=O) groups is 2. The molecule has 5 nitrogen and oxygen atoms in total. The van der Waals surface area contributed by atoms with Crippen LogP contribution in [0.5, 0.6) is 0 Å². The SMILES string of the molecule is C[C@@H](OC(=O)c1ccncc1)C(=O)Nc1c(Cl)cc(Cl)cc1Cl. The van der Waals surface area contributed by atoms with Crippen LogP contribution in [-0.4, -0.2) is 23.0 Å². The molecule has 1 amide bonds. The average Bonchev–Trinajstić information content (AvgIpc) is 2.51. The number of aromatic nitrogens is 1. The monoisotopic (exact) mass is 372 g/mol. The highest BCUT2D eigenvalue weighted by atomic mass is 35.5. The van der Waals surface area contributed by atoms with E-state index in [9.17, 15) is 9.59 Å². The molecule has 1 aromatic heterocycles. The van der Waals surface area contributed by atoms with Crippen molar-refractivity contribution < 1.29 is 14.3 Å². The Kier molecular flexibility index (Phi) is 5.82. The Balaban J connectivity index is 2.05. The van der Waals surface area contributed by atoms with Gasteiger partial charge in [0.05, 0.1) is 21.3 Å². The fourth-order valence-corrected chi connectivity index (χ4v) is 2.57. The number of anilines is 1. The van der Waals surface area contributed by atoms with Crippen molar-refractivity contribution in [1.29, 1.82) is 0 Å². The van der Waals surface area contributed by atoms with Crippen LogP contribution >= 0.6 is 34.8 Å². The molecule has 0 spiro atoms. The number of carbonyl (C=O) groups excluding carboxylic acids is 2. The van der Waals surface area contributed by atoms with Crippen molar-refractivity contribution >= 4 is 52.4 Å². The zero-order chi connectivity index (χ0) is 17.0. The molecule has 0 saturated carbocycles. The fourth-order valence-electron chi connectivity index (χ4n) is 1.66. The topological polar surface area (TPSA) is 68.3 Å². The fraction of sp³-hybridized carbons (Fsp3) is 0.133. The van der Waals surface area contributed by atoms with Crippen LogP contribution in [0.1, 0.15) is 17.3 Å². The number of amides is 1. The number of pyridine rings is 1. The van der Waals surface area contributed by atoms with E-state index >= 15 is 0 Å². The van der Waals surface area contributed by atoms with E-state index in [1.165, 1.54) is 43.6 Å². The van der Waals surface area contributed by atoms with E-state index in [-0.39, 0.29) is 15.7 Å². The Morgan fingerprint density at radius 3 is 2.26 bits per heavy atom. The summed E-state index contributed by atoms with van der Waals surface area (Å²) < 4.78 is 5.08. The summed E-state index contributed by atoms with van der Waals surface area (Å²) in [6.45, 7) is 1.44. The third kappa shape index (κ3) is 4.58. The van der Waals surface area contributed by atoms with Gasteiger partial charge in [0.2, 0.25) is 0 Å². The standard InChI is InChI=1S/C15H11Cl3N2O3/c1-8(23-15(22)9-2-4-19-5-3-9)14(21)20-13-11(17)6-10(16)7-12(13)18/h2-8H,1H3,(H,20,21)/t8-/m1/s1. The maximum Gasteiger partial charge on any atom is 0.339 e. The summed E-state index contributed by atoms with van der Waals surface area (Å²) in [7, 11) is 0. The largest absolute Gasteiger partial charge is 0.449 e. The predicted octanol–water partition coefficient (Wildman–Crippen LogP) is 4.23. The normalized spacial score (nSPS) is 11.7. The second-order valence-electron chi connectivity index (χ2n) is 4.52. The van der Waals surface area contributed by atoms with E-state index in [2.05, 4.69) is 10.3 Å². The molecule has 0 aliphatic rings. The van der Waals surface area contributed by atoms with E-state index in [1.54, 1.807) is 0 Å². The van der Waals surface area contributed by atoms with Crippen molar-refractivity contribution in [2.24, 2.45) is 0 Å². The van der Waals surface area contributed by atoms with E-state index < -0.39 is 18.0 Å². The van der Waals surface area contributed by atoms with Gasteiger partial charge in [0.1, 0.15) is 0 Å². The number of rotatable bonds is 4. The Hall–Kier alpha value is -1.82. The zero-order valence-electron chi connectivity index (χ0n) is 11.8. The summed E-state index contributed by atoms with van der Waals surface area (Å²) in [5.74, 6) is -1.21. The van der Waals surface area contributed by atoms with E-state index in [1.807, 2.05) is 0 Å². The maximum absolute atomic E-state index is 12.1. The maximum atomic E-state index is 12.1. The third-order valence-electron chi connectivity index (χ3n) is 2.82. The number of hydrogen-bond donors (Lipinski definition) is 1. The van der Waals surface area contributed by atoms with Gasteiger partial charge in [-0.2, -0.15) is 0 Å². The number of nitrogens with one attached hydrogen (secondary N) is 1. The number of halogens is 3. The van der Waals surface area contributed by atoms with E-state index in [0.717, 1.165) is 0 Å². The van der Waals surface area contributed by atoms with Crippen molar-refractivity contribution in [3.05, 3.63) is 57.3 Å². The van der Waals surface area contributed by atoms with Crippen molar-refractivity contribution in [1.82, 2.24) is 4.98 Å². The second kappa shape index (κ2) is 7.64. The summed E-state index contributed by atoms with van der Waals surface area (Å²) in [4.78, 5) is 27.8. The summed E-state index contributed by atoms with van der Waals surface area (Å²) in [5.41, 5.74) is 0.497. The smallest absolute Gasteiger partial charge is 0.339 e. The lowest BCUT2D eigenvalue weighted by Crippen LogP contribution is -2.30. The molecule has 0 fully saturated rings. The quantitative estimate of drug-likeness (QED) is 0.815. The molecule has 0 saturated heterocycles. The van der Waals surface area contributed by atoms with Crippen LogP contribution in [0, 0.1) is 0 Å². The van der Waals surface area contributed by atoms with Crippen LogP contribution in [0.15, 0.2) is 36.7 Å². The molecule has 8 heteroatoms. The molecular formula is C15H11Cl3N2O3. The first-order valence-electron chi connectivity index (χ1n) is 6.45. The molecule has 1 atom stereocenters. The highest BCUT2D eigenvalue weighted by Crippen LogP contribution is 2.33. The Morgan fingerprint density at radius 1 is 1.13 bits per heavy atom. The van der Waals surface area contributed by atoms with Gasteiger partial charge in [-0.1, -0.05) is 34.8 Å². The van der Waals surface area contributed by atoms with Crippen LogP contribution in [-0.2, 0) is 9.53 Å². The highest BCUT2D eigenvalue weighted by Gasteiger charge is 2.21. The first-order chi connectivity index (χ1) is 10.9. The number of nitrogens with zero attached hydrogens (tertiary/aromatic N) is 1. The van der Waals surface area contributed by atoms with Crippen LogP contribution in [0.3, 0.4) is 0 Å². The highest BCUT2D eigenvalue weighted by molar-refractivity contribution is 6.42. The van der Waals surface area contributed by atoms with Crippen molar-refractivity contribution in [2.45, 2.75) is 13.0 Å². The molecule has 1 heterocycles. The van der Waals surface area contributed by atoms with Crippen molar-refractivity contribution in [2.75, 3.05) is 5.32 Å². The number of esters is 1. The molecule has 1 N–H and O–H groups in total. The first kappa shape index (κ1) is 17.5. The van der Waals surface area contributed by atoms with Gasteiger partial charge in [0.25, 0.3) is 5.91 Å². The van der Waals surface area contributed by atoms with Gasteiger partial charge in [0.15, 0.2) is 6.10 Å². The van der Waals surface area contributed by atoms with Crippen LogP contribution in [0.2, 0.25) is 15.1 Å². The summed E-state index contributed by atoms with van der Waals surface area (Å²) in [6, 6.07) is 5.86. The molecule has 0 aliphatic carbocycles. The molecule has 0 aliphatic heterocycles. The molecule has 0 bridgehead atoms. The van der Waals surface area contributed by atoms with Gasteiger partial charge in [0, 0.05) is 17.4 Å². The Labute approximate surface area is 147 Å². The Bertz CT molecular complexity index is 715. The third-order valence-corrected chi connectivity index (χ3v) is 3.64. The number of ether oxygens (including phenoxy) is 1. The van der Waals surface area contributed by atoms with Gasteiger partial charge >= 0.3 is 5.97 Å². The minimum Gasteiger partial charge on any atom is -0.449 e. The molecule has 0 unspecified atom stereocenters. The number of benzene rings is 1. The average molecular weight is 374 g/mol. The van der Waals surface area contributed by atoms with Gasteiger partial charge in [-0.15, -0.1) is 0 Å². The van der Waals surface area contributed by atoms with Crippen LogP contribution < -0.4 is 5.32 Å². The van der Waals surface area contributed by atoms with E-state index in [4.69, 9.17) is 39.5 Å². The molecule has 23 heavy (non-hydrogen) atoms. The Morgan fingerprint density at radius 2 is 1.70 bits per heavy atom. The number of hydrogen-bond acceptors (Lipinski definition) is 4. The van der Waals surface area contributed by atoms with E-state index in [0.29, 0.717) is 10.6 Å². The van der Waals surface area contributed by atoms with Gasteiger partial charge < -0.3 is 10.1 Å². The molecule has 2 rings (SSSR count). The zero-order valence-corrected chi connectivity index (χ0v) is 14.1. The first-order valence-corrected chi connectivity index (χ1v) is 7.58. The summed E-state index contributed by atoms with van der Waals surface area (Å²) in [5, 5.41) is 3.22. The molecule has 2 aromatic rings. The predicted molar refractivity (Wildman–Crippen MR) is 89.2 cm³/mol. The lowest BCUT2D eigenvalue weighted by molar-refractivity contribution is -0.123. The van der Waals surface area contributed by atoms with Gasteiger partial charge in [-0.3, -0.25) is 9.78 Å². The van der Waals surface area contributed by atoms with Gasteiger partial charge in [-0.25, -0.2) is 4.79 Å². The lowest BCUT2D eigenvalue weighted by atomic mass is 10.2. The molecular weight excluding hydrogens is 363 g/mol. The summed E-state index contributed by atoms with van der Waals surface area (Å²) >= 11 is 17.8. The van der Waals surface area contributed by atoms with Crippen molar-refractivity contribution in [3.8, 4) is 0 Å².